The molecule has 2 aromatic rings. The number of rotatable bonds is 3. The second-order valence-corrected chi connectivity index (χ2v) is 8.73. The topological polar surface area (TPSA) is 79.4 Å². The van der Waals surface area contributed by atoms with E-state index in [-0.39, 0.29) is 24.3 Å². The average Bonchev–Trinajstić information content (AvgIpc) is 3.28. The number of benzene rings is 2. The molecule has 9 heteroatoms. The molecule has 3 aliphatic heterocycles. The standard InChI is InChI=1S/C24H24ClN3O5/c25-16-7-8-17(18(14-16)28-9-3-6-22(28)29)23(30)26-10-12-27(13-11-26)24(31)21-15-32-19-4-1-2-5-20(19)33-21/h1-2,4-5,7-8,14,21H,3,6,9-13,15H2. The Kier molecular flexibility index (Phi) is 5.85. The van der Waals surface area contributed by atoms with Crippen molar-refractivity contribution < 1.29 is 23.9 Å². The molecule has 2 fully saturated rings. The van der Waals surface area contributed by atoms with E-state index in [9.17, 15) is 14.4 Å². The second kappa shape index (κ2) is 8.94. The van der Waals surface area contributed by atoms with E-state index in [2.05, 4.69) is 0 Å². The van der Waals surface area contributed by atoms with Gasteiger partial charge in [-0.05, 0) is 36.8 Å². The Labute approximate surface area is 196 Å². The zero-order chi connectivity index (χ0) is 22.9. The van der Waals surface area contributed by atoms with Crippen LogP contribution in [-0.4, -0.2) is 73.0 Å². The van der Waals surface area contributed by atoms with Crippen LogP contribution in [0.5, 0.6) is 11.5 Å². The highest BCUT2D eigenvalue weighted by molar-refractivity contribution is 6.31. The number of carbonyl (C=O) groups excluding carboxylic acids is 3. The minimum Gasteiger partial charge on any atom is -0.485 e. The molecular formula is C24H24ClN3O5. The number of fused-ring (bicyclic) bond motifs is 1. The van der Waals surface area contributed by atoms with Gasteiger partial charge in [-0.3, -0.25) is 14.4 Å². The zero-order valence-corrected chi connectivity index (χ0v) is 18.8. The number of halogens is 1. The van der Waals surface area contributed by atoms with Gasteiger partial charge in [-0.1, -0.05) is 23.7 Å². The highest BCUT2D eigenvalue weighted by Crippen LogP contribution is 2.32. The van der Waals surface area contributed by atoms with E-state index in [1.165, 1.54) is 0 Å². The zero-order valence-electron chi connectivity index (χ0n) is 18.0. The van der Waals surface area contributed by atoms with Gasteiger partial charge in [0, 0.05) is 44.2 Å². The third-order valence-electron chi connectivity index (χ3n) is 6.22. The van der Waals surface area contributed by atoms with Gasteiger partial charge in [0.2, 0.25) is 12.0 Å². The summed E-state index contributed by atoms with van der Waals surface area (Å²) in [6.07, 6.45) is 0.529. The molecule has 3 aliphatic rings. The van der Waals surface area contributed by atoms with E-state index in [4.69, 9.17) is 21.1 Å². The fourth-order valence-corrected chi connectivity index (χ4v) is 4.62. The quantitative estimate of drug-likeness (QED) is 0.690. The molecule has 2 aromatic carbocycles. The maximum atomic E-state index is 13.3. The fourth-order valence-electron chi connectivity index (χ4n) is 4.46. The summed E-state index contributed by atoms with van der Waals surface area (Å²) in [5.74, 6) is 0.874. The van der Waals surface area contributed by atoms with Crippen LogP contribution < -0.4 is 14.4 Å². The summed E-state index contributed by atoms with van der Waals surface area (Å²) < 4.78 is 11.5. The lowest BCUT2D eigenvalue weighted by Gasteiger charge is -2.37. The molecule has 0 aliphatic carbocycles. The summed E-state index contributed by atoms with van der Waals surface area (Å²) in [5, 5.41) is 0.480. The van der Waals surface area contributed by atoms with Crippen molar-refractivity contribution in [1.29, 1.82) is 0 Å². The van der Waals surface area contributed by atoms with Crippen LogP contribution in [0.3, 0.4) is 0 Å². The number of carbonyl (C=O) groups is 3. The van der Waals surface area contributed by atoms with Gasteiger partial charge in [-0.15, -0.1) is 0 Å². The maximum Gasteiger partial charge on any atom is 0.267 e. The van der Waals surface area contributed by atoms with Crippen LogP contribution in [0.25, 0.3) is 0 Å². The SMILES string of the molecule is O=C(c1ccc(Cl)cc1N1CCCC1=O)N1CCN(C(=O)C2COc3ccccc3O2)CC1. The minimum atomic E-state index is -0.703. The largest absolute Gasteiger partial charge is 0.485 e. The molecule has 1 atom stereocenters. The van der Waals surface area contributed by atoms with Crippen molar-refractivity contribution >= 4 is 35.0 Å². The van der Waals surface area contributed by atoms with Gasteiger partial charge in [0.05, 0.1) is 11.3 Å². The van der Waals surface area contributed by atoms with Gasteiger partial charge in [-0.2, -0.15) is 0 Å². The van der Waals surface area contributed by atoms with E-state index in [1.54, 1.807) is 45.0 Å². The van der Waals surface area contributed by atoms with Crippen molar-refractivity contribution in [3.8, 4) is 11.5 Å². The summed E-state index contributed by atoms with van der Waals surface area (Å²) in [6, 6.07) is 12.3. The Bertz CT molecular complexity index is 1100. The Morgan fingerprint density at radius 2 is 1.67 bits per heavy atom. The van der Waals surface area contributed by atoms with Crippen LogP contribution >= 0.6 is 11.6 Å². The average molecular weight is 470 g/mol. The minimum absolute atomic E-state index is 0.00185. The number of para-hydroxylation sites is 2. The molecule has 5 rings (SSSR count). The van der Waals surface area contributed by atoms with E-state index >= 15 is 0 Å². The molecule has 3 heterocycles. The Hall–Kier alpha value is -3.26. The highest BCUT2D eigenvalue weighted by atomic mass is 35.5. The molecule has 0 radical (unpaired) electrons. The van der Waals surface area contributed by atoms with Gasteiger partial charge >= 0.3 is 0 Å². The molecule has 0 N–H and O–H groups in total. The van der Waals surface area contributed by atoms with Crippen molar-refractivity contribution in [2.75, 3.05) is 44.2 Å². The van der Waals surface area contributed by atoms with Crippen LogP contribution in [0, 0.1) is 0 Å². The molecule has 0 spiro atoms. The van der Waals surface area contributed by atoms with Gasteiger partial charge in [0.25, 0.3) is 11.8 Å². The van der Waals surface area contributed by atoms with Gasteiger partial charge in [0.15, 0.2) is 11.5 Å². The van der Waals surface area contributed by atoms with Crippen molar-refractivity contribution in [1.82, 2.24) is 9.80 Å². The molecule has 1 unspecified atom stereocenters. The van der Waals surface area contributed by atoms with E-state index < -0.39 is 6.10 Å². The van der Waals surface area contributed by atoms with E-state index in [1.807, 2.05) is 12.1 Å². The third-order valence-corrected chi connectivity index (χ3v) is 6.45. The first-order valence-corrected chi connectivity index (χ1v) is 11.5. The molecule has 3 amide bonds. The number of amides is 3. The lowest BCUT2D eigenvalue weighted by Crippen LogP contribution is -2.55. The smallest absolute Gasteiger partial charge is 0.267 e. The number of hydrogen-bond acceptors (Lipinski definition) is 5. The van der Waals surface area contributed by atoms with E-state index in [0.717, 1.165) is 6.42 Å². The Balaban J connectivity index is 1.24. The summed E-state index contributed by atoms with van der Waals surface area (Å²) >= 11 is 6.16. The van der Waals surface area contributed by atoms with Gasteiger partial charge in [-0.25, -0.2) is 0 Å². The van der Waals surface area contributed by atoms with Crippen molar-refractivity contribution in [2.45, 2.75) is 18.9 Å². The first kappa shape index (κ1) is 21.6. The number of hydrogen-bond donors (Lipinski definition) is 0. The van der Waals surface area contributed by atoms with Crippen LogP contribution in [0.1, 0.15) is 23.2 Å². The van der Waals surface area contributed by atoms with Crippen molar-refractivity contribution in [3.05, 3.63) is 53.1 Å². The fraction of sp³-hybridized carbons (Fsp3) is 0.375. The third kappa shape index (κ3) is 4.23. The van der Waals surface area contributed by atoms with Crippen LogP contribution in [-0.2, 0) is 9.59 Å². The monoisotopic (exact) mass is 469 g/mol. The lowest BCUT2D eigenvalue weighted by molar-refractivity contribution is -0.142. The Morgan fingerprint density at radius 3 is 2.39 bits per heavy atom. The first-order chi connectivity index (χ1) is 16.0. The predicted octanol–water partition coefficient (Wildman–Crippen LogP) is 2.59. The van der Waals surface area contributed by atoms with Gasteiger partial charge in [0.1, 0.15) is 6.61 Å². The number of piperazine rings is 1. The molecule has 0 aromatic heterocycles. The van der Waals surface area contributed by atoms with Crippen LogP contribution in [0.2, 0.25) is 5.02 Å². The molecule has 0 saturated carbocycles. The summed E-state index contributed by atoms with van der Waals surface area (Å²) in [5.41, 5.74) is 1.01. The lowest BCUT2D eigenvalue weighted by atomic mass is 10.1. The summed E-state index contributed by atoms with van der Waals surface area (Å²) in [4.78, 5) is 43.6. The maximum absolute atomic E-state index is 13.3. The molecule has 33 heavy (non-hydrogen) atoms. The van der Waals surface area contributed by atoms with Crippen molar-refractivity contribution in [3.63, 3.8) is 0 Å². The summed E-state index contributed by atoms with van der Waals surface area (Å²) in [6.45, 7) is 2.33. The molecule has 2 saturated heterocycles. The second-order valence-electron chi connectivity index (χ2n) is 8.29. The van der Waals surface area contributed by atoms with Crippen LogP contribution in [0.15, 0.2) is 42.5 Å². The number of nitrogens with zero attached hydrogens (tertiary/aromatic N) is 3. The van der Waals surface area contributed by atoms with Crippen molar-refractivity contribution in [2.24, 2.45) is 0 Å². The van der Waals surface area contributed by atoms with Gasteiger partial charge < -0.3 is 24.2 Å². The first-order valence-electron chi connectivity index (χ1n) is 11.1. The number of ether oxygens (including phenoxy) is 2. The highest BCUT2D eigenvalue weighted by Gasteiger charge is 2.34. The predicted molar refractivity (Wildman–Crippen MR) is 122 cm³/mol. The van der Waals surface area contributed by atoms with Crippen LogP contribution in [0.4, 0.5) is 5.69 Å². The molecule has 8 nitrogen and oxygen atoms in total. The number of anilines is 1. The molecule has 0 bridgehead atoms. The Morgan fingerprint density at radius 1 is 0.939 bits per heavy atom. The summed E-state index contributed by atoms with van der Waals surface area (Å²) in [7, 11) is 0. The molecular weight excluding hydrogens is 446 g/mol. The van der Waals surface area contributed by atoms with E-state index in [0.29, 0.717) is 66.9 Å². The normalized spacial score (nSPS) is 20.2. The molecule has 172 valence electrons.